The molecule has 0 saturated carbocycles. The summed E-state index contributed by atoms with van der Waals surface area (Å²) in [6.07, 6.45) is 0. The molecule has 6 heteroatoms. The first-order chi connectivity index (χ1) is 11.1. The summed E-state index contributed by atoms with van der Waals surface area (Å²) in [6.45, 7) is 2.28. The van der Waals surface area contributed by atoms with Crippen molar-refractivity contribution < 1.29 is 19.0 Å². The lowest BCUT2D eigenvalue weighted by molar-refractivity contribution is -0.118. The molecule has 0 unspecified atom stereocenters. The molecular formula is C17H18ClNO4. The Hall–Kier alpha value is -2.40. The van der Waals surface area contributed by atoms with E-state index in [9.17, 15) is 4.79 Å². The van der Waals surface area contributed by atoms with Gasteiger partial charge in [-0.1, -0.05) is 23.7 Å². The Balaban J connectivity index is 1.94. The highest BCUT2D eigenvalue weighted by Gasteiger charge is 2.09. The molecule has 0 aliphatic heterocycles. The van der Waals surface area contributed by atoms with E-state index in [0.717, 1.165) is 0 Å². The van der Waals surface area contributed by atoms with Gasteiger partial charge in [0.2, 0.25) is 0 Å². The molecule has 0 aromatic heterocycles. The molecule has 122 valence electrons. The molecule has 5 nitrogen and oxygen atoms in total. The quantitative estimate of drug-likeness (QED) is 0.837. The zero-order valence-electron chi connectivity index (χ0n) is 13.0. The SMILES string of the molecule is CCOc1ccccc1OCC(=O)Nc1ccc(OC)c(Cl)c1. The van der Waals surface area contributed by atoms with Crippen molar-refractivity contribution in [3.8, 4) is 17.2 Å². The number of hydrogen-bond donors (Lipinski definition) is 1. The Morgan fingerprint density at radius 2 is 1.78 bits per heavy atom. The molecule has 0 fully saturated rings. The minimum atomic E-state index is -0.294. The molecular weight excluding hydrogens is 318 g/mol. The van der Waals surface area contributed by atoms with Gasteiger partial charge in [-0.25, -0.2) is 0 Å². The van der Waals surface area contributed by atoms with Gasteiger partial charge in [-0.3, -0.25) is 4.79 Å². The zero-order valence-corrected chi connectivity index (χ0v) is 13.7. The molecule has 2 aromatic carbocycles. The maximum atomic E-state index is 12.0. The van der Waals surface area contributed by atoms with E-state index in [1.807, 2.05) is 19.1 Å². The van der Waals surface area contributed by atoms with E-state index < -0.39 is 0 Å². The van der Waals surface area contributed by atoms with Crippen molar-refractivity contribution in [2.45, 2.75) is 6.92 Å². The van der Waals surface area contributed by atoms with E-state index in [1.54, 1.807) is 30.3 Å². The van der Waals surface area contributed by atoms with Gasteiger partial charge in [0, 0.05) is 5.69 Å². The van der Waals surface area contributed by atoms with Crippen molar-refractivity contribution in [2.75, 3.05) is 25.6 Å². The van der Waals surface area contributed by atoms with Crippen LogP contribution in [-0.2, 0) is 4.79 Å². The van der Waals surface area contributed by atoms with E-state index in [1.165, 1.54) is 7.11 Å². The van der Waals surface area contributed by atoms with E-state index in [2.05, 4.69) is 5.32 Å². The number of para-hydroxylation sites is 2. The van der Waals surface area contributed by atoms with Crippen LogP contribution in [0, 0.1) is 0 Å². The highest BCUT2D eigenvalue weighted by atomic mass is 35.5. The number of nitrogens with one attached hydrogen (secondary N) is 1. The van der Waals surface area contributed by atoms with Gasteiger partial charge < -0.3 is 19.5 Å². The summed E-state index contributed by atoms with van der Waals surface area (Å²) < 4.78 is 16.0. The number of carbonyl (C=O) groups is 1. The van der Waals surface area contributed by atoms with Crippen LogP contribution in [-0.4, -0.2) is 26.2 Å². The van der Waals surface area contributed by atoms with Crippen molar-refractivity contribution >= 4 is 23.2 Å². The Kier molecular flexibility index (Phi) is 6.11. The molecule has 1 N–H and O–H groups in total. The third-order valence-electron chi connectivity index (χ3n) is 2.94. The van der Waals surface area contributed by atoms with Gasteiger partial charge in [0.25, 0.3) is 5.91 Å². The van der Waals surface area contributed by atoms with Crippen molar-refractivity contribution in [3.05, 3.63) is 47.5 Å². The summed E-state index contributed by atoms with van der Waals surface area (Å²) in [5.41, 5.74) is 0.572. The second-order valence-corrected chi connectivity index (χ2v) is 4.97. The number of halogens is 1. The van der Waals surface area contributed by atoms with Gasteiger partial charge in [-0.2, -0.15) is 0 Å². The van der Waals surface area contributed by atoms with Crippen LogP contribution in [0.3, 0.4) is 0 Å². The summed E-state index contributed by atoms with van der Waals surface area (Å²) in [5, 5.41) is 3.14. The zero-order chi connectivity index (χ0) is 16.7. The molecule has 0 aliphatic carbocycles. The van der Waals surface area contributed by atoms with Crippen molar-refractivity contribution in [1.82, 2.24) is 0 Å². The molecule has 0 spiro atoms. The number of methoxy groups -OCH3 is 1. The van der Waals surface area contributed by atoms with Gasteiger partial charge in [0.15, 0.2) is 18.1 Å². The Morgan fingerprint density at radius 1 is 1.09 bits per heavy atom. The lowest BCUT2D eigenvalue weighted by Gasteiger charge is -2.12. The molecule has 23 heavy (non-hydrogen) atoms. The van der Waals surface area contributed by atoms with Crippen LogP contribution >= 0.6 is 11.6 Å². The van der Waals surface area contributed by atoms with E-state index in [0.29, 0.717) is 34.6 Å². The van der Waals surface area contributed by atoms with Gasteiger partial charge in [0.1, 0.15) is 5.75 Å². The lowest BCUT2D eigenvalue weighted by Crippen LogP contribution is -2.20. The summed E-state index contributed by atoms with van der Waals surface area (Å²) in [6, 6.07) is 12.2. The fourth-order valence-corrected chi connectivity index (χ4v) is 2.19. The van der Waals surface area contributed by atoms with Crippen molar-refractivity contribution in [1.29, 1.82) is 0 Å². The minimum absolute atomic E-state index is 0.131. The Morgan fingerprint density at radius 3 is 2.39 bits per heavy atom. The molecule has 0 saturated heterocycles. The molecule has 0 aliphatic rings. The number of benzene rings is 2. The lowest BCUT2D eigenvalue weighted by atomic mass is 10.3. The second-order valence-electron chi connectivity index (χ2n) is 4.57. The van der Waals surface area contributed by atoms with Crippen LogP contribution in [0.25, 0.3) is 0 Å². The van der Waals surface area contributed by atoms with Gasteiger partial charge in [-0.15, -0.1) is 0 Å². The molecule has 0 radical (unpaired) electrons. The molecule has 0 atom stereocenters. The molecule has 2 rings (SSSR count). The third-order valence-corrected chi connectivity index (χ3v) is 3.24. The largest absolute Gasteiger partial charge is 0.495 e. The summed E-state index contributed by atoms with van der Waals surface area (Å²) >= 11 is 6.02. The predicted octanol–water partition coefficient (Wildman–Crippen LogP) is 3.76. The first-order valence-electron chi connectivity index (χ1n) is 7.12. The van der Waals surface area contributed by atoms with E-state index >= 15 is 0 Å². The first kappa shape index (κ1) is 17.0. The number of rotatable bonds is 7. The fraction of sp³-hybridized carbons (Fsp3) is 0.235. The standard InChI is InChI=1S/C17H18ClNO4/c1-3-22-15-6-4-5-7-16(15)23-11-17(20)19-12-8-9-14(21-2)13(18)10-12/h4-10H,3,11H2,1-2H3,(H,19,20). The smallest absolute Gasteiger partial charge is 0.262 e. The molecule has 2 aromatic rings. The van der Waals surface area contributed by atoms with E-state index in [4.69, 9.17) is 25.8 Å². The van der Waals surface area contributed by atoms with Crippen LogP contribution < -0.4 is 19.5 Å². The van der Waals surface area contributed by atoms with Gasteiger partial charge in [-0.05, 0) is 37.3 Å². The average Bonchev–Trinajstić information content (AvgIpc) is 2.54. The predicted molar refractivity (Wildman–Crippen MR) is 89.7 cm³/mol. The summed E-state index contributed by atoms with van der Waals surface area (Å²) in [4.78, 5) is 12.0. The van der Waals surface area contributed by atoms with Gasteiger partial charge >= 0.3 is 0 Å². The Bertz CT molecular complexity index is 675. The topological polar surface area (TPSA) is 56.8 Å². The number of hydrogen-bond acceptors (Lipinski definition) is 4. The minimum Gasteiger partial charge on any atom is -0.495 e. The van der Waals surface area contributed by atoms with Crippen LogP contribution in [0.15, 0.2) is 42.5 Å². The number of anilines is 1. The van der Waals surface area contributed by atoms with Crippen LogP contribution in [0.5, 0.6) is 17.2 Å². The third kappa shape index (κ3) is 4.79. The Labute approximate surface area is 140 Å². The molecule has 0 bridgehead atoms. The fourth-order valence-electron chi connectivity index (χ4n) is 1.93. The number of amides is 1. The monoisotopic (exact) mass is 335 g/mol. The van der Waals surface area contributed by atoms with Crippen molar-refractivity contribution in [2.24, 2.45) is 0 Å². The van der Waals surface area contributed by atoms with E-state index in [-0.39, 0.29) is 12.5 Å². The maximum absolute atomic E-state index is 12.0. The highest BCUT2D eigenvalue weighted by molar-refractivity contribution is 6.32. The number of carbonyl (C=O) groups excluding carboxylic acids is 1. The normalized spacial score (nSPS) is 10.0. The maximum Gasteiger partial charge on any atom is 0.262 e. The molecule has 1 amide bonds. The molecule has 0 heterocycles. The van der Waals surface area contributed by atoms with Gasteiger partial charge in [0.05, 0.1) is 18.7 Å². The van der Waals surface area contributed by atoms with Crippen molar-refractivity contribution in [3.63, 3.8) is 0 Å². The summed E-state index contributed by atoms with van der Waals surface area (Å²) in [7, 11) is 1.53. The number of ether oxygens (including phenoxy) is 3. The second kappa shape index (κ2) is 8.29. The van der Waals surface area contributed by atoms with Crippen LogP contribution in [0.4, 0.5) is 5.69 Å². The van der Waals surface area contributed by atoms with Crippen LogP contribution in [0.1, 0.15) is 6.92 Å². The average molecular weight is 336 g/mol. The first-order valence-corrected chi connectivity index (χ1v) is 7.50. The van der Waals surface area contributed by atoms with Crippen LogP contribution in [0.2, 0.25) is 5.02 Å². The highest BCUT2D eigenvalue weighted by Crippen LogP contribution is 2.28. The summed E-state index contributed by atoms with van der Waals surface area (Å²) in [5.74, 6) is 1.39.